The van der Waals surface area contributed by atoms with Crippen molar-refractivity contribution in [1.29, 1.82) is 0 Å². The number of thioether (sulfide) groups is 1. The quantitative estimate of drug-likeness (QED) is 0.450. The number of ether oxygens (including phenoxy) is 1. The molecule has 4 nitrogen and oxygen atoms in total. The van der Waals surface area contributed by atoms with Crippen LogP contribution in [-0.2, 0) is 30.8 Å². The summed E-state index contributed by atoms with van der Waals surface area (Å²) in [6.45, 7) is 0.211. The number of aromatic nitrogens is 1. The normalized spacial score (nSPS) is 8.59. The van der Waals surface area contributed by atoms with Gasteiger partial charge in [-0.25, -0.2) is 4.79 Å². The van der Waals surface area contributed by atoms with Gasteiger partial charge >= 0.3 is 25.6 Å². The summed E-state index contributed by atoms with van der Waals surface area (Å²) in [6, 6.07) is 11.2. The molecule has 0 aliphatic heterocycles. The van der Waals surface area contributed by atoms with Gasteiger partial charge in [0, 0.05) is 28.5 Å². The first kappa shape index (κ1) is 23.5. The Morgan fingerprint density at radius 3 is 2.45 bits per heavy atom. The standard InChI is InChI=1S/C14H14N2O2S.2ClH.Zn/c1-19-13-6-4-12(5-7-13)16-14(17)18-10-11-3-2-8-15-9-11;;;/h2-9H,10H2,1H3,(H,16,17);2*1H;/q;;;+2/p-2. The van der Waals surface area contributed by atoms with E-state index in [1.54, 1.807) is 30.2 Å². The van der Waals surface area contributed by atoms with Crippen LogP contribution >= 0.6 is 11.8 Å². The second-order valence-corrected chi connectivity index (χ2v) is 4.67. The van der Waals surface area contributed by atoms with Crippen molar-refractivity contribution in [1.82, 2.24) is 4.98 Å². The Balaban J connectivity index is 0. The Hall–Kier alpha value is -0.807. The molecule has 0 saturated carbocycles. The smallest absolute Gasteiger partial charge is 1.00 e. The molecule has 114 valence electrons. The summed E-state index contributed by atoms with van der Waals surface area (Å²) in [6.07, 6.45) is 4.88. The van der Waals surface area contributed by atoms with Gasteiger partial charge in [0.15, 0.2) is 0 Å². The van der Waals surface area contributed by atoms with Crippen LogP contribution in [0.3, 0.4) is 0 Å². The summed E-state index contributed by atoms with van der Waals surface area (Å²) < 4.78 is 5.09. The topological polar surface area (TPSA) is 51.2 Å². The third-order valence-corrected chi connectivity index (χ3v) is 3.17. The van der Waals surface area contributed by atoms with Crippen molar-refractivity contribution < 1.29 is 53.8 Å². The Bertz CT molecular complexity index is 544. The van der Waals surface area contributed by atoms with Crippen molar-refractivity contribution in [2.75, 3.05) is 11.6 Å². The van der Waals surface area contributed by atoms with Crippen molar-refractivity contribution >= 4 is 23.5 Å². The third-order valence-electron chi connectivity index (χ3n) is 2.43. The zero-order valence-electron chi connectivity index (χ0n) is 12.0. The Labute approximate surface area is 159 Å². The van der Waals surface area contributed by atoms with Gasteiger partial charge in [-0.2, -0.15) is 0 Å². The zero-order valence-corrected chi connectivity index (χ0v) is 17.3. The van der Waals surface area contributed by atoms with Gasteiger partial charge in [-0.15, -0.1) is 11.8 Å². The average Bonchev–Trinajstić information content (AvgIpc) is 2.47. The molecular weight excluding hydrogens is 397 g/mol. The molecule has 0 atom stereocenters. The first-order valence-electron chi connectivity index (χ1n) is 5.74. The number of carbonyl (C=O) groups is 1. The van der Waals surface area contributed by atoms with E-state index >= 15 is 0 Å². The van der Waals surface area contributed by atoms with Gasteiger partial charge in [0.2, 0.25) is 0 Å². The molecule has 0 unspecified atom stereocenters. The number of hydrogen-bond donors (Lipinski definition) is 1. The number of rotatable bonds is 4. The second-order valence-electron chi connectivity index (χ2n) is 3.79. The second kappa shape index (κ2) is 12.7. The van der Waals surface area contributed by atoms with E-state index in [1.165, 1.54) is 0 Å². The number of halogens is 2. The summed E-state index contributed by atoms with van der Waals surface area (Å²) in [7, 11) is 0. The molecule has 1 aromatic heterocycles. The number of anilines is 1. The molecule has 2 aromatic rings. The van der Waals surface area contributed by atoms with Gasteiger partial charge in [0.1, 0.15) is 6.61 Å². The maximum absolute atomic E-state index is 11.6. The molecule has 0 spiro atoms. The predicted molar refractivity (Wildman–Crippen MR) is 76.3 cm³/mol. The minimum atomic E-state index is -0.472. The van der Waals surface area contributed by atoms with Gasteiger partial charge in [-0.05, 0) is 36.6 Å². The van der Waals surface area contributed by atoms with Crippen LogP contribution in [0.5, 0.6) is 0 Å². The zero-order chi connectivity index (χ0) is 13.5. The van der Waals surface area contributed by atoms with Gasteiger partial charge in [-0.1, -0.05) is 6.07 Å². The number of nitrogens with zero attached hydrogens (tertiary/aromatic N) is 1. The number of benzene rings is 1. The number of carbonyl (C=O) groups excluding carboxylic acids is 1. The summed E-state index contributed by atoms with van der Waals surface area (Å²) in [5.41, 5.74) is 1.57. The fraction of sp³-hybridized carbons (Fsp3) is 0.143. The number of pyridine rings is 1. The molecule has 2 rings (SSSR count). The van der Waals surface area contributed by atoms with Crippen LogP contribution in [0.2, 0.25) is 0 Å². The average molecular weight is 411 g/mol. The molecule has 0 aliphatic rings. The van der Waals surface area contributed by atoms with E-state index in [-0.39, 0.29) is 50.9 Å². The van der Waals surface area contributed by atoms with Gasteiger partial charge < -0.3 is 29.6 Å². The third kappa shape index (κ3) is 7.99. The van der Waals surface area contributed by atoms with E-state index in [1.807, 2.05) is 36.6 Å². The fourth-order valence-electron chi connectivity index (χ4n) is 1.46. The van der Waals surface area contributed by atoms with E-state index in [9.17, 15) is 4.79 Å². The summed E-state index contributed by atoms with van der Waals surface area (Å²) >= 11 is 1.65. The SMILES string of the molecule is CSc1ccc(NC(=O)OCc2cccnc2)cc1.[Cl-].[Cl-].[Zn+2]. The summed E-state index contributed by atoms with van der Waals surface area (Å²) in [4.78, 5) is 16.7. The molecule has 1 heterocycles. The predicted octanol–water partition coefficient (Wildman–Crippen LogP) is -2.44. The number of amides is 1. The molecule has 0 aliphatic carbocycles. The molecule has 0 radical (unpaired) electrons. The maximum Gasteiger partial charge on any atom is 2.00 e. The minimum Gasteiger partial charge on any atom is -1.00 e. The molecule has 0 saturated heterocycles. The van der Waals surface area contributed by atoms with E-state index in [0.717, 1.165) is 10.5 Å². The molecule has 8 heteroatoms. The maximum atomic E-state index is 11.6. The van der Waals surface area contributed by atoms with Gasteiger partial charge in [0.05, 0.1) is 0 Å². The molecule has 1 aromatic carbocycles. The monoisotopic (exact) mass is 408 g/mol. The van der Waals surface area contributed by atoms with Crippen LogP contribution in [0.4, 0.5) is 10.5 Å². The van der Waals surface area contributed by atoms with E-state index in [4.69, 9.17) is 4.74 Å². The number of nitrogens with one attached hydrogen (secondary N) is 1. The first-order valence-corrected chi connectivity index (χ1v) is 6.97. The van der Waals surface area contributed by atoms with Gasteiger partial charge in [0.25, 0.3) is 0 Å². The minimum absolute atomic E-state index is 0. The molecule has 0 bridgehead atoms. The summed E-state index contributed by atoms with van der Waals surface area (Å²) in [5, 5.41) is 2.67. The van der Waals surface area contributed by atoms with Crippen LogP contribution in [0.25, 0.3) is 0 Å². The van der Waals surface area contributed by atoms with Crippen molar-refractivity contribution in [3.05, 3.63) is 54.4 Å². The van der Waals surface area contributed by atoms with Crippen LogP contribution in [-0.4, -0.2) is 17.3 Å². The van der Waals surface area contributed by atoms with Crippen LogP contribution in [0, 0.1) is 0 Å². The molecule has 1 amide bonds. The molecular formula is C14H14Cl2N2O2SZn. The van der Waals surface area contributed by atoms with E-state index in [0.29, 0.717) is 5.69 Å². The van der Waals surface area contributed by atoms with Crippen LogP contribution < -0.4 is 30.1 Å². The van der Waals surface area contributed by atoms with Crippen molar-refractivity contribution in [3.63, 3.8) is 0 Å². The van der Waals surface area contributed by atoms with Crippen molar-refractivity contribution in [3.8, 4) is 0 Å². The van der Waals surface area contributed by atoms with Gasteiger partial charge in [-0.3, -0.25) is 10.3 Å². The van der Waals surface area contributed by atoms with Crippen LogP contribution in [0.15, 0.2) is 53.7 Å². The molecule has 0 fully saturated rings. The molecule has 1 N–H and O–H groups in total. The van der Waals surface area contributed by atoms with Crippen molar-refractivity contribution in [2.45, 2.75) is 11.5 Å². The Morgan fingerprint density at radius 2 is 1.91 bits per heavy atom. The Morgan fingerprint density at radius 1 is 1.23 bits per heavy atom. The van der Waals surface area contributed by atoms with E-state index in [2.05, 4.69) is 10.3 Å². The van der Waals surface area contributed by atoms with Crippen molar-refractivity contribution in [2.24, 2.45) is 0 Å². The first-order chi connectivity index (χ1) is 9.28. The fourth-order valence-corrected chi connectivity index (χ4v) is 1.87. The molecule has 22 heavy (non-hydrogen) atoms. The Kier molecular flexibility index (Phi) is 13.6. The van der Waals surface area contributed by atoms with E-state index < -0.39 is 6.09 Å². The number of hydrogen-bond acceptors (Lipinski definition) is 4. The largest absolute Gasteiger partial charge is 2.00 e. The van der Waals surface area contributed by atoms with Crippen LogP contribution in [0.1, 0.15) is 5.56 Å². The summed E-state index contributed by atoms with van der Waals surface area (Å²) in [5.74, 6) is 0.